The zero-order chi connectivity index (χ0) is 21.5. The molecule has 0 radical (unpaired) electrons. The number of rotatable bonds is 4. The lowest BCUT2D eigenvalue weighted by atomic mass is 9.69. The van der Waals surface area contributed by atoms with Crippen LogP contribution in [0, 0.1) is 5.41 Å². The van der Waals surface area contributed by atoms with Crippen LogP contribution >= 0.6 is 11.6 Å². The van der Waals surface area contributed by atoms with Crippen molar-refractivity contribution in [3.63, 3.8) is 0 Å². The monoisotopic (exact) mass is 423 g/mol. The lowest BCUT2D eigenvalue weighted by Crippen LogP contribution is -2.43. The molecule has 1 aliphatic heterocycles. The largest absolute Gasteiger partial charge is 0.494 e. The van der Waals surface area contributed by atoms with Crippen molar-refractivity contribution in [3.8, 4) is 5.75 Å². The maximum atomic E-state index is 13.4. The summed E-state index contributed by atoms with van der Waals surface area (Å²) in [5.74, 6) is 0.666. The molecule has 5 heteroatoms. The van der Waals surface area contributed by atoms with Crippen molar-refractivity contribution in [1.29, 1.82) is 0 Å². The standard InChI is InChI=1S/C25H26ClNO3/c1-4-30-19-11-9-18(10-12-19)27-21-14-25(2,3)15-22(28)24(21)20(13-23(27)29)16-5-7-17(26)8-6-16/h5-12,20H,4,13-15H2,1-3H3. The highest BCUT2D eigenvalue weighted by molar-refractivity contribution is 6.30. The molecule has 30 heavy (non-hydrogen) atoms. The smallest absolute Gasteiger partial charge is 0.232 e. The van der Waals surface area contributed by atoms with E-state index in [0.29, 0.717) is 24.5 Å². The second-order valence-corrected chi connectivity index (χ2v) is 9.20. The van der Waals surface area contributed by atoms with Crippen LogP contribution in [0.15, 0.2) is 59.8 Å². The van der Waals surface area contributed by atoms with E-state index in [-0.39, 0.29) is 29.4 Å². The van der Waals surface area contributed by atoms with E-state index in [1.165, 1.54) is 0 Å². The first-order chi connectivity index (χ1) is 14.3. The molecule has 0 bridgehead atoms. The highest BCUT2D eigenvalue weighted by Gasteiger charge is 2.44. The van der Waals surface area contributed by atoms with Crippen molar-refractivity contribution >= 4 is 29.0 Å². The van der Waals surface area contributed by atoms with Crippen LogP contribution in [0.25, 0.3) is 0 Å². The number of Topliss-reactive ketones (excluding diaryl/α,β-unsaturated/α-hetero) is 1. The molecule has 0 aromatic heterocycles. The summed E-state index contributed by atoms with van der Waals surface area (Å²) in [6, 6.07) is 15.0. The van der Waals surface area contributed by atoms with Crippen molar-refractivity contribution in [1.82, 2.24) is 0 Å². The Labute approximate surface area is 182 Å². The Bertz CT molecular complexity index is 1010. The topological polar surface area (TPSA) is 46.6 Å². The first-order valence-electron chi connectivity index (χ1n) is 10.4. The molecule has 2 aromatic rings. The van der Waals surface area contributed by atoms with Crippen LogP contribution in [0.5, 0.6) is 5.75 Å². The van der Waals surface area contributed by atoms with E-state index >= 15 is 0 Å². The third kappa shape index (κ3) is 3.89. The molecule has 1 aliphatic carbocycles. The Morgan fingerprint density at radius 3 is 2.33 bits per heavy atom. The van der Waals surface area contributed by atoms with Gasteiger partial charge in [0.25, 0.3) is 0 Å². The number of amides is 1. The van der Waals surface area contributed by atoms with Crippen LogP contribution in [0.4, 0.5) is 5.69 Å². The summed E-state index contributed by atoms with van der Waals surface area (Å²) in [6.07, 6.45) is 1.43. The summed E-state index contributed by atoms with van der Waals surface area (Å²) >= 11 is 6.06. The number of benzene rings is 2. The minimum atomic E-state index is -0.229. The van der Waals surface area contributed by atoms with Gasteiger partial charge in [-0.25, -0.2) is 0 Å². The maximum absolute atomic E-state index is 13.4. The summed E-state index contributed by atoms with van der Waals surface area (Å²) in [4.78, 5) is 28.4. The Balaban J connectivity index is 1.82. The number of nitrogens with zero attached hydrogens (tertiary/aromatic N) is 1. The first kappa shape index (κ1) is 20.7. The molecule has 0 saturated heterocycles. The van der Waals surface area contributed by atoms with Gasteiger partial charge in [-0.1, -0.05) is 37.6 Å². The van der Waals surface area contributed by atoms with E-state index in [2.05, 4.69) is 13.8 Å². The molecule has 0 saturated carbocycles. The van der Waals surface area contributed by atoms with Gasteiger partial charge in [-0.3, -0.25) is 14.5 Å². The molecule has 1 atom stereocenters. The quantitative estimate of drug-likeness (QED) is 0.614. The number of hydrogen-bond acceptors (Lipinski definition) is 3. The number of ether oxygens (including phenoxy) is 1. The Morgan fingerprint density at radius 1 is 1.03 bits per heavy atom. The third-order valence-corrected chi connectivity index (χ3v) is 6.07. The van der Waals surface area contributed by atoms with Gasteiger partial charge < -0.3 is 4.74 Å². The van der Waals surface area contributed by atoms with Crippen LogP contribution in [0.3, 0.4) is 0 Å². The summed E-state index contributed by atoms with van der Waals surface area (Å²) in [6.45, 7) is 6.69. The number of carbonyl (C=O) groups excluding carboxylic acids is 2. The van der Waals surface area contributed by atoms with Gasteiger partial charge in [0.2, 0.25) is 5.91 Å². The van der Waals surface area contributed by atoms with Crippen molar-refractivity contribution in [3.05, 3.63) is 70.4 Å². The van der Waals surface area contributed by atoms with Crippen molar-refractivity contribution in [2.75, 3.05) is 11.5 Å². The molecule has 0 fully saturated rings. The van der Waals surface area contributed by atoms with E-state index < -0.39 is 0 Å². The summed E-state index contributed by atoms with van der Waals surface area (Å²) < 4.78 is 5.54. The lowest BCUT2D eigenvalue weighted by molar-refractivity contribution is -0.121. The molecule has 4 nitrogen and oxygen atoms in total. The minimum absolute atomic E-state index is 0.00311. The Morgan fingerprint density at radius 2 is 1.70 bits per heavy atom. The average molecular weight is 424 g/mol. The Kier molecular flexibility index (Phi) is 5.46. The van der Waals surface area contributed by atoms with Crippen LogP contribution in [-0.2, 0) is 9.59 Å². The SMILES string of the molecule is CCOc1ccc(N2C(=O)CC(c3ccc(Cl)cc3)C3=C2CC(C)(C)CC3=O)cc1. The van der Waals surface area contributed by atoms with Gasteiger partial charge in [0.1, 0.15) is 5.75 Å². The normalized spacial score (nSPS) is 20.9. The predicted molar refractivity (Wildman–Crippen MR) is 119 cm³/mol. The van der Waals surface area contributed by atoms with Gasteiger partial charge in [-0.05, 0) is 60.7 Å². The summed E-state index contributed by atoms with van der Waals surface area (Å²) in [5.41, 5.74) is 3.14. The van der Waals surface area contributed by atoms with Gasteiger partial charge in [0, 0.05) is 40.7 Å². The number of carbonyl (C=O) groups is 2. The predicted octanol–water partition coefficient (Wildman–Crippen LogP) is 5.90. The molecular formula is C25H26ClNO3. The van der Waals surface area contributed by atoms with Gasteiger partial charge in [0.05, 0.1) is 6.61 Å². The third-order valence-electron chi connectivity index (χ3n) is 5.82. The van der Waals surface area contributed by atoms with E-state index in [9.17, 15) is 9.59 Å². The number of ketones is 1. The molecule has 1 unspecified atom stereocenters. The van der Waals surface area contributed by atoms with E-state index in [0.717, 1.165) is 28.3 Å². The number of allylic oxidation sites excluding steroid dienone is 2. The van der Waals surface area contributed by atoms with Gasteiger partial charge in [-0.2, -0.15) is 0 Å². The average Bonchev–Trinajstić information content (AvgIpc) is 2.68. The molecule has 2 aromatic carbocycles. The number of hydrogen-bond donors (Lipinski definition) is 0. The van der Waals surface area contributed by atoms with Gasteiger partial charge in [0.15, 0.2) is 5.78 Å². The molecule has 1 heterocycles. The second-order valence-electron chi connectivity index (χ2n) is 8.77. The van der Waals surface area contributed by atoms with Crippen LogP contribution in [0.1, 0.15) is 51.5 Å². The fourth-order valence-corrected chi connectivity index (χ4v) is 4.68. The number of anilines is 1. The van der Waals surface area contributed by atoms with Gasteiger partial charge in [-0.15, -0.1) is 0 Å². The van der Waals surface area contributed by atoms with Crippen molar-refractivity contribution in [2.24, 2.45) is 5.41 Å². The number of halogens is 1. The zero-order valence-corrected chi connectivity index (χ0v) is 18.3. The molecule has 2 aliphatic rings. The van der Waals surface area contributed by atoms with Crippen molar-refractivity contribution < 1.29 is 14.3 Å². The van der Waals surface area contributed by atoms with E-state index in [4.69, 9.17) is 16.3 Å². The fourth-order valence-electron chi connectivity index (χ4n) is 4.55. The molecule has 1 amide bonds. The van der Waals surface area contributed by atoms with E-state index in [1.54, 1.807) is 4.90 Å². The zero-order valence-electron chi connectivity index (χ0n) is 17.6. The van der Waals surface area contributed by atoms with Crippen LogP contribution in [0.2, 0.25) is 5.02 Å². The van der Waals surface area contributed by atoms with Crippen LogP contribution in [-0.4, -0.2) is 18.3 Å². The first-order valence-corrected chi connectivity index (χ1v) is 10.7. The summed E-state index contributed by atoms with van der Waals surface area (Å²) in [5, 5.41) is 0.641. The molecule has 0 spiro atoms. The molecule has 4 rings (SSSR count). The molecular weight excluding hydrogens is 398 g/mol. The van der Waals surface area contributed by atoms with Gasteiger partial charge >= 0.3 is 0 Å². The summed E-state index contributed by atoms with van der Waals surface area (Å²) in [7, 11) is 0. The van der Waals surface area contributed by atoms with Crippen molar-refractivity contribution in [2.45, 2.75) is 46.0 Å². The Hall–Kier alpha value is -2.59. The lowest BCUT2D eigenvalue weighted by Gasteiger charge is -2.43. The van der Waals surface area contributed by atoms with E-state index in [1.807, 2.05) is 55.5 Å². The minimum Gasteiger partial charge on any atom is -0.494 e. The molecule has 0 N–H and O–H groups in total. The fraction of sp³-hybridized carbons (Fsp3) is 0.360. The van der Waals surface area contributed by atoms with Crippen LogP contribution < -0.4 is 9.64 Å². The molecule has 156 valence electrons. The second kappa shape index (κ2) is 7.92. The highest BCUT2D eigenvalue weighted by Crippen LogP contribution is 2.48. The maximum Gasteiger partial charge on any atom is 0.232 e. The highest BCUT2D eigenvalue weighted by atomic mass is 35.5.